The van der Waals surface area contributed by atoms with E-state index in [0.29, 0.717) is 17.5 Å². The Balaban J connectivity index is 0.952. The second kappa shape index (κ2) is 14.3. The first-order valence-corrected chi connectivity index (χ1v) is 20.6. The summed E-state index contributed by atoms with van der Waals surface area (Å²) < 4.78 is 6.53. The first-order chi connectivity index (χ1) is 30.2. The highest BCUT2D eigenvalue weighted by Crippen LogP contribution is 2.42. The molecule has 0 fully saturated rings. The van der Waals surface area contributed by atoms with Gasteiger partial charge in [-0.15, -0.1) is 0 Å². The van der Waals surface area contributed by atoms with Gasteiger partial charge in [0, 0.05) is 27.5 Å². The van der Waals surface area contributed by atoms with Crippen LogP contribution in [0.2, 0.25) is 0 Å². The summed E-state index contributed by atoms with van der Waals surface area (Å²) in [6.07, 6.45) is 0. The number of rotatable bonds is 6. The van der Waals surface area contributed by atoms with Crippen molar-refractivity contribution in [2.24, 2.45) is 0 Å². The first-order valence-electron chi connectivity index (χ1n) is 20.6. The molecule has 12 aromatic rings. The number of hydrogen-bond acceptors (Lipinski definition) is 4. The molecule has 0 bridgehead atoms. The van der Waals surface area contributed by atoms with Crippen molar-refractivity contribution in [2.75, 3.05) is 0 Å². The van der Waals surface area contributed by atoms with Crippen molar-refractivity contribution >= 4 is 54.3 Å². The van der Waals surface area contributed by atoms with Gasteiger partial charge in [-0.25, -0.2) is 15.0 Å². The Labute approximate surface area is 352 Å². The number of furan rings is 1. The second-order valence-electron chi connectivity index (χ2n) is 15.5. The predicted octanol–water partition coefficient (Wildman–Crippen LogP) is 15.2. The molecule has 0 saturated heterocycles. The van der Waals surface area contributed by atoms with Gasteiger partial charge in [0.15, 0.2) is 17.5 Å². The highest BCUT2D eigenvalue weighted by Gasteiger charge is 2.20. The van der Waals surface area contributed by atoms with Gasteiger partial charge in [0.2, 0.25) is 0 Å². The molecule has 0 aliphatic heterocycles. The fourth-order valence-corrected chi connectivity index (χ4v) is 9.02. The van der Waals surface area contributed by atoms with Gasteiger partial charge in [-0.05, 0) is 90.0 Å². The van der Waals surface area contributed by atoms with E-state index in [2.05, 4.69) is 146 Å². The molecule has 284 valence electrons. The molecular weight excluding hydrogens is 743 g/mol. The van der Waals surface area contributed by atoms with E-state index in [0.717, 1.165) is 60.9 Å². The molecule has 0 radical (unpaired) electrons. The van der Waals surface area contributed by atoms with Crippen LogP contribution in [0.4, 0.5) is 0 Å². The van der Waals surface area contributed by atoms with Crippen molar-refractivity contribution in [1.29, 1.82) is 0 Å². The summed E-state index contributed by atoms with van der Waals surface area (Å²) in [6.45, 7) is 0. The highest BCUT2D eigenvalue weighted by atomic mass is 16.3. The largest absolute Gasteiger partial charge is 0.456 e. The molecule has 12 rings (SSSR count). The molecule has 0 spiro atoms. The minimum absolute atomic E-state index is 0.613. The molecule has 0 unspecified atom stereocenters. The van der Waals surface area contributed by atoms with Crippen molar-refractivity contribution in [3.63, 3.8) is 0 Å². The standard InChI is InChI=1S/C57H35N3O/c1-3-14-38(15-4-1)55-58-56(39-16-5-2-6-17-39)60-57(59-55)49-23-12-11-22-46(49)48-24-13-25-53-54(48)51-35-41(31-33-52(51)61-53)37-28-26-36(27-29-37)40-30-32-47-44-20-8-7-18-42(44)43-19-9-10-21-45(43)50(47)34-40/h1-35H. The van der Waals surface area contributed by atoms with Gasteiger partial charge in [0.1, 0.15) is 11.2 Å². The predicted molar refractivity (Wildman–Crippen MR) is 252 cm³/mol. The van der Waals surface area contributed by atoms with E-state index in [9.17, 15) is 0 Å². The third-order valence-electron chi connectivity index (χ3n) is 11.9. The minimum atomic E-state index is 0.613. The van der Waals surface area contributed by atoms with E-state index >= 15 is 0 Å². The zero-order chi connectivity index (χ0) is 40.3. The van der Waals surface area contributed by atoms with Crippen LogP contribution in [0.15, 0.2) is 217 Å². The number of fused-ring (bicyclic) bond motifs is 9. The summed E-state index contributed by atoms with van der Waals surface area (Å²) in [4.78, 5) is 15.1. The summed E-state index contributed by atoms with van der Waals surface area (Å²) in [7, 11) is 0. The lowest BCUT2D eigenvalue weighted by molar-refractivity contribution is 0.669. The van der Waals surface area contributed by atoms with Crippen LogP contribution in [0.5, 0.6) is 0 Å². The summed E-state index contributed by atoms with van der Waals surface area (Å²) in [5, 5.41) is 9.80. The molecule has 4 nitrogen and oxygen atoms in total. The number of benzene rings is 10. The molecule has 0 aliphatic carbocycles. The topological polar surface area (TPSA) is 51.8 Å². The highest BCUT2D eigenvalue weighted by molar-refractivity contribution is 6.25. The maximum absolute atomic E-state index is 6.53. The average molecular weight is 778 g/mol. The van der Waals surface area contributed by atoms with E-state index in [4.69, 9.17) is 19.4 Å². The van der Waals surface area contributed by atoms with E-state index in [1.165, 1.54) is 43.4 Å². The van der Waals surface area contributed by atoms with Crippen LogP contribution in [0.3, 0.4) is 0 Å². The molecule has 10 aromatic carbocycles. The van der Waals surface area contributed by atoms with Crippen LogP contribution >= 0.6 is 0 Å². The van der Waals surface area contributed by atoms with Crippen LogP contribution < -0.4 is 0 Å². The van der Waals surface area contributed by atoms with Gasteiger partial charge in [-0.1, -0.05) is 188 Å². The normalized spacial score (nSPS) is 11.6. The van der Waals surface area contributed by atoms with Gasteiger partial charge in [-0.3, -0.25) is 0 Å². The summed E-state index contributed by atoms with van der Waals surface area (Å²) >= 11 is 0. The lowest BCUT2D eigenvalue weighted by atomic mass is 9.91. The molecule has 0 aliphatic rings. The summed E-state index contributed by atoms with van der Waals surface area (Å²) in [5.41, 5.74) is 11.2. The molecule has 61 heavy (non-hydrogen) atoms. The number of nitrogens with zero attached hydrogens (tertiary/aromatic N) is 3. The Morgan fingerprint density at radius 1 is 0.246 bits per heavy atom. The van der Waals surface area contributed by atoms with Crippen molar-refractivity contribution < 1.29 is 4.42 Å². The van der Waals surface area contributed by atoms with Gasteiger partial charge in [0.05, 0.1) is 0 Å². The molecule has 0 amide bonds. The lowest BCUT2D eigenvalue weighted by Crippen LogP contribution is -2.01. The van der Waals surface area contributed by atoms with Crippen molar-refractivity contribution in [3.05, 3.63) is 212 Å². The van der Waals surface area contributed by atoms with Crippen molar-refractivity contribution in [3.8, 4) is 67.5 Å². The summed E-state index contributed by atoms with van der Waals surface area (Å²) in [6, 6.07) is 74.7. The fraction of sp³-hybridized carbons (Fsp3) is 0. The smallest absolute Gasteiger partial charge is 0.164 e. The van der Waals surface area contributed by atoms with Gasteiger partial charge in [0.25, 0.3) is 0 Å². The third kappa shape index (κ3) is 5.96. The Bertz CT molecular complexity index is 3540. The number of aromatic nitrogens is 3. The van der Waals surface area contributed by atoms with Crippen LogP contribution in [0.25, 0.3) is 122 Å². The lowest BCUT2D eigenvalue weighted by Gasteiger charge is -2.13. The zero-order valence-corrected chi connectivity index (χ0v) is 33.0. The van der Waals surface area contributed by atoms with E-state index < -0.39 is 0 Å². The Morgan fingerprint density at radius 2 is 0.689 bits per heavy atom. The quantitative estimate of drug-likeness (QED) is 0.158. The molecule has 2 heterocycles. The van der Waals surface area contributed by atoms with Gasteiger partial charge >= 0.3 is 0 Å². The van der Waals surface area contributed by atoms with E-state index in [1.807, 2.05) is 66.7 Å². The van der Waals surface area contributed by atoms with E-state index in [-0.39, 0.29) is 0 Å². The zero-order valence-electron chi connectivity index (χ0n) is 33.0. The molecular formula is C57H35N3O. The molecule has 0 atom stereocenters. The van der Waals surface area contributed by atoms with Crippen molar-refractivity contribution in [2.45, 2.75) is 0 Å². The molecule has 2 aromatic heterocycles. The SMILES string of the molecule is c1ccc(-c2nc(-c3ccccc3)nc(-c3ccccc3-c3cccc4oc5ccc(-c6ccc(-c7ccc8c9ccccc9c9ccccc9c8c7)cc6)cc5c34)n2)cc1. The van der Waals surface area contributed by atoms with Crippen LogP contribution in [0.1, 0.15) is 0 Å². The van der Waals surface area contributed by atoms with Crippen LogP contribution in [0, 0.1) is 0 Å². The van der Waals surface area contributed by atoms with Crippen LogP contribution in [-0.4, -0.2) is 15.0 Å². The molecule has 0 saturated carbocycles. The number of hydrogen-bond donors (Lipinski definition) is 0. The fourth-order valence-electron chi connectivity index (χ4n) is 9.02. The van der Waals surface area contributed by atoms with Crippen molar-refractivity contribution in [1.82, 2.24) is 15.0 Å². The molecule has 0 N–H and O–H groups in total. The first kappa shape index (κ1) is 34.8. The monoisotopic (exact) mass is 777 g/mol. The average Bonchev–Trinajstić information content (AvgIpc) is 3.73. The Kier molecular flexibility index (Phi) is 8.13. The third-order valence-corrected chi connectivity index (χ3v) is 11.9. The van der Waals surface area contributed by atoms with Gasteiger partial charge in [-0.2, -0.15) is 0 Å². The second-order valence-corrected chi connectivity index (χ2v) is 15.5. The van der Waals surface area contributed by atoms with Crippen LogP contribution in [-0.2, 0) is 0 Å². The Morgan fingerprint density at radius 3 is 1.30 bits per heavy atom. The summed E-state index contributed by atoms with van der Waals surface area (Å²) in [5.74, 6) is 1.87. The van der Waals surface area contributed by atoms with E-state index in [1.54, 1.807) is 0 Å². The molecule has 4 heteroatoms. The maximum Gasteiger partial charge on any atom is 0.164 e. The van der Waals surface area contributed by atoms with Gasteiger partial charge < -0.3 is 4.42 Å². The maximum atomic E-state index is 6.53. The minimum Gasteiger partial charge on any atom is -0.456 e. The Hall–Kier alpha value is -8.21.